The van der Waals surface area contributed by atoms with Crippen molar-refractivity contribution < 1.29 is 58.0 Å². The molecular weight excluding hydrogens is 622 g/mol. The summed E-state index contributed by atoms with van der Waals surface area (Å²) in [5.74, 6) is -5.21. The zero-order chi connectivity index (χ0) is 34.0. The third-order valence-electron chi connectivity index (χ3n) is 5.99. The summed E-state index contributed by atoms with van der Waals surface area (Å²) < 4.78 is 17.7. The molecule has 1 aliphatic rings. The summed E-state index contributed by atoms with van der Waals surface area (Å²) in [6, 6.07) is 0. The number of nitrogens with one attached hydrogen (secondary N) is 6. The molecule has 1 fully saturated rings. The van der Waals surface area contributed by atoms with Crippen LogP contribution in [0.2, 0.25) is 0 Å². The number of ether oxygens (including phenoxy) is 3. The predicted octanol–water partition coefficient (Wildman–Crippen LogP) is -2.78. The number of aliphatic carboxylic acids is 2. The van der Waals surface area contributed by atoms with E-state index >= 15 is 0 Å². The Morgan fingerprint density at radius 1 is 0.978 bits per heavy atom. The van der Waals surface area contributed by atoms with Gasteiger partial charge in [-0.3, -0.25) is 43.6 Å². The van der Waals surface area contributed by atoms with E-state index in [9.17, 15) is 38.4 Å². The minimum Gasteiger partial charge on any atom is -0.480 e. The predicted molar refractivity (Wildman–Crippen MR) is 149 cm³/mol. The van der Waals surface area contributed by atoms with Gasteiger partial charge < -0.3 is 45.7 Å². The average molecular weight is 654 g/mol. The minimum absolute atomic E-state index is 0.00204. The molecule has 0 bridgehead atoms. The highest BCUT2D eigenvalue weighted by molar-refractivity contribution is 5.91. The Labute approximate surface area is 257 Å². The van der Waals surface area contributed by atoms with Gasteiger partial charge in [-0.15, -0.1) is 0 Å². The minimum atomic E-state index is -1.30. The number of aromatic amines is 1. The number of imidazole rings is 1. The van der Waals surface area contributed by atoms with E-state index in [1.165, 1.54) is 10.9 Å². The molecule has 22 nitrogen and oxygen atoms in total. The van der Waals surface area contributed by atoms with Crippen molar-refractivity contribution in [2.75, 3.05) is 38.1 Å². The lowest BCUT2D eigenvalue weighted by molar-refractivity contribution is -0.138. The van der Waals surface area contributed by atoms with Gasteiger partial charge in [0.15, 0.2) is 11.2 Å². The third-order valence-corrected chi connectivity index (χ3v) is 5.99. The Bertz CT molecular complexity index is 1550. The smallest absolute Gasteiger partial charge is 0.407 e. The molecule has 22 heteroatoms. The van der Waals surface area contributed by atoms with Crippen LogP contribution in [0.15, 0.2) is 11.1 Å². The molecule has 0 spiro atoms. The normalized spacial score (nSPS) is 17.2. The number of aromatic nitrogens is 4. The fourth-order valence-corrected chi connectivity index (χ4v) is 3.77. The summed E-state index contributed by atoms with van der Waals surface area (Å²) in [5, 5.41) is 28.1. The van der Waals surface area contributed by atoms with Crippen molar-refractivity contribution in [3.63, 3.8) is 0 Å². The number of carboxylic acids is 2. The van der Waals surface area contributed by atoms with Crippen LogP contribution in [0.4, 0.5) is 15.5 Å². The first-order valence-electron chi connectivity index (χ1n) is 13.5. The molecule has 8 N–H and O–H groups in total. The van der Waals surface area contributed by atoms with Gasteiger partial charge in [0, 0.05) is 12.3 Å². The van der Waals surface area contributed by atoms with Crippen LogP contribution in [0.5, 0.6) is 0 Å². The maximum Gasteiger partial charge on any atom is 0.407 e. The van der Waals surface area contributed by atoms with Crippen molar-refractivity contribution in [3.05, 3.63) is 16.7 Å². The largest absolute Gasteiger partial charge is 0.480 e. The maximum absolute atomic E-state index is 12.6. The van der Waals surface area contributed by atoms with Crippen LogP contribution in [-0.4, -0.2) is 117 Å². The topological polar surface area (TPSA) is 311 Å². The number of rotatable bonds is 14. The molecule has 3 heterocycles. The highest BCUT2D eigenvalue weighted by Crippen LogP contribution is 2.32. The van der Waals surface area contributed by atoms with Crippen LogP contribution in [0.3, 0.4) is 0 Å². The monoisotopic (exact) mass is 653 g/mol. The molecule has 2 aromatic heterocycles. The number of anilines is 1. The number of carbonyl (C=O) groups excluding carboxylic acids is 5. The van der Waals surface area contributed by atoms with Crippen LogP contribution < -0.4 is 32.1 Å². The molecule has 1 saturated heterocycles. The number of amides is 5. The van der Waals surface area contributed by atoms with E-state index in [1.807, 2.05) is 10.6 Å². The molecule has 46 heavy (non-hydrogen) atoms. The lowest BCUT2D eigenvalue weighted by Crippen LogP contribution is -2.42. The molecule has 3 rings (SSSR count). The second-order valence-electron chi connectivity index (χ2n) is 9.84. The fourth-order valence-electron chi connectivity index (χ4n) is 3.77. The first kappa shape index (κ1) is 34.7. The van der Waals surface area contributed by atoms with Gasteiger partial charge in [-0.25, -0.2) is 14.6 Å². The molecule has 0 radical (unpaired) electrons. The highest BCUT2D eigenvalue weighted by atomic mass is 16.6. The van der Waals surface area contributed by atoms with Crippen molar-refractivity contribution >= 4 is 59.0 Å². The average Bonchev–Trinajstić information content (AvgIpc) is 3.59. The highest BCUT2D eigenvalue weighted by Gasteiger charge is 2.40. The van der Waals surface area contributed by atoms with Gasteiger partial charge in [0.2, 0.25) is 23.7 Å². The van der Waals surface area contributed by atoms with E-state index in [0.29, 0.717) is 0 Å². The van der Waals surface area contributed by atoms with Crippen molar-refractivity contribution in [1.29, 1.82) is 0 Å². The van der Waals surface area contributed by atoms with E-state index in [2.05, 4.69) is 30.9 Å². The number of hydrogen-bond acceptors (Lipinski definition) is 13. The van der Waals surface area contributed by atoms with Crippen LogP contribution in [-0.2, 0) is 38.2 Å². The Kier molecular flexibility index (Phi) is 11.9. The SMILES string of the molecule is CC(C)C(=O)Nc1nc2c(ncn2C2CC(OC(=O)NCC(=O)NCC(=O)O)C(COC(=O)NCC(=O)NCC(=O)O)O2)c(=O)[nH]1. The summed E-state index contributed by atoms with van der Waals surface area (Å²) in [6.07, 6.45) is -4.39. The molecule has 3 atom stereocenters. The number of alkyl carbamates (subject to hydrolysis) is 2. The summed E-state index contributed by atoms with van der Waals surface area (Å²) >= 11 is 0. The molecule has 0 aliphatic carbocycles. The lowest BCUT2D eigenvalue weighted by atomic mass is 10.2. The Hall–Kier alpha value is -5.80. The summed E-state index contributed by atoms with van der Waals surface area (Å²) in [6.45, 7) is 0.172. The van der Waals surface area contributed by atoms with Crippen LogP contribution >= 0.6 is 0 Å². The van der Waals surface area contributed by atoms with Crippen LogP contribution in [0.1, 0.15) is 26.5 Å². The summed E-state index contributed by atoms with van der Waals surface area (Å²) in [4.78, 5) is 105. The lowest BCUT2D eigenvalue weighted by Gasteiger charge is -2.19. The van der Waals surface area contributed by atoms with Gasteiger partial charge in [-0.1, -0.05) is 13.8 Å². The van der Waals surface area contributed by atoms with E-state index in [1.54, 1.807) is 13.8 Å². The Morgan fingerprint density at radius 3 is 2.17 bits per heavy atom. The maximum atomic E-state index is 12.6. The van der Waals surface area contributed by atoms with Gasteiger partial charge in [0.25, 0.3) is 5.56 Å². The van der Waals surface area contributed by atoms with Gasteiger partial charge >= 0.3 is 24.1 Å². The van der Waals surface area contributed by atoms with Crippen LogP contribution in [0, 0.1) is 5.92 Å². The second kappa shape index (κ2) is 15.8. The zero-order valence-electron chi connectivity index (χ0n) is 24.4. The number of nitrogens with zero attached hydrogens (tertiary/aromatic N) is 3. The van der Waals surface area contributed by atoms with E-state index in [0.717, 1.165) is 0 Å². The number of carbonyl (C=O) groups is 7. The third kappa shape index (κ3) is 10.1. The molecular formula is C24H31N9O13. The summed E-state index contributed by atoms with van der Waals surface area (Å²) in [5.41, 5.74) is -0.773. The quantitative estimate of drug-likeness (QED) is 0.102. The summed E-state index contributed by atoms with van der Waals surface area (Å²) in [7, 11) is 0. The van der Waals surface area contributed by atoms with E-state index in [4.69, 9.17) is 24.4 Å². The van der Waals surface area contributed by atoms with Crippen molar-refractivity contribution in [3.8, 4) is 0 Å². The van der Waals surface area contributed by atoms with Crippen molar-refractivity contribution in [2.45, 2.75) is 38.7 Å². The molecule has 3 unspecified atom stereocenters. The first-order valence-corrected chi connectivity index (χ1v) is 13.5. The van der Waals surface area contributed by atoms with E-state index in [-0.39, 0.29) is 23.5 Å². The van der Waals surface area contributed by atoms with Gasteiger partial charge in [0.1, 0.15) is 51.2 Å². The van der Waals surface area contributed by atoms with Crippen LogP contribution in [0.25, 0.3) is 11.2 Å². The molecule has 250 valence electrons. The van der Waals surface area contributed by atoms with Gasteiger partial charge in [-0.2, -0.15) is 4.98 Å². The molecule has 5 amide bonds. The second-order valence-corrected chi connectivity index (χ2v) is 9.84. The number of fused-ring (bicyclic) bond motifs is 1. The standard InChI is InChI=1S/C24H31N9O13/c1-10(2)20(40)31-22-30-19-18(21(41)32-22)29-9-33(19)15-3-11(46-24(43)28-5-14(35)26-7-17(38)39)12(45-15)8-44-23(42)27-4-13(34)25-6-16(36)37/h9-12,15H,3-8H2,1-2H3,(H,25,34)(H,26,35)(H,27,42)(H,28,43)(H,36,37)(H,38,39)(H2,30,31,32,40,41). The molecule has 1 aliphatic heterocycles. The number of H-pyrrole nitrogens is 1. The van der Waals surface area contributed by atoms with Crippen molar-refractivity contribution in [2.24, 2.45) is 5.92 Å². The molecule has 2 aromatic rings. The Morgan fingerprint density at radius 2 is 1.59 bits per heavy atom. The van der Waals surface area contributed by atoms with Gasteiger partial charge in [-0.05, 0) is 0 Å². The zero-order valence-corrected chi connectivity index (χ0v) is 24.4. The Balaban J connectivity index is 1.73. The van der Waals surface area contributed by atoms with Crippen molar-refractivity contribution in [1.82, 2.24) is 40.8 Å². The number of hydrogen-bond donors (Lipinski definition) is 8. The van der Waals surface area contributed by atoms with Gasteiger partial charge in [0.05, 0.1) is 6.33 Å². The molecule has 0 saturated carbocycles. The number of carboxylic acid groups (broad SMARTS) is 2. The molecule has 0 aromatic carbocycles. The van der Waals surface area contributed by atoms with E-state index < -0.39 is 105 Å². The fraction of sp³-hybridized carbons (Fsp3) is 0.500. The first-order chi connectivity index (χ1) is 21.7.